The van der Waals surface area contributed by atoms with Crippen molar-refractivity contribution in [2.45, 2.75) is 4.90 Å². The average Bonchev–Trinajstić information content (AvgIpc) is 3.29. The molecule has 2 aromatic carbocycles. The summed E-state index contributed by atoms with van der Waals surface area (Å²) in [5.41, 5.74) is 0.843. The van der Waals surface area contributed by atoms with E-state index in [0.29, 0.717) is 10.5 Å². The number of pyridine rings is 1. The summed E-state index contributed by atoms with van der Waals surface area (Å²) in [5, 5.41) is 10.7. The van der Waals surface area contributed by atoms with E-state index in [9.17, 15) is 13.6 Å². The van der Waals surface area contributed by atoms with E-state index >= 15 is 0 Å². The molecule has 0 aliphatic rings. The van der Waals surface area contributed by atoms with Crippen molar-refractivity contribution in [3.63, 3.8) is 0 Å². The van der Waals surface area contributed by atoms with Crippen molar-refractivity contribution >= 4 is 46.6 Å². The second-order valence-electron chi connectivity index (χ2n) is 6.46. The summed E-state index contributed by atoms with van der Waals surface area (Å²) in [6.45, 7) is 0. The van der Waals surface area contributed by atoms with Gasteiger partial charge in [-0.05, 0) is 42.2 Å². The summed E-state index contributed by atoms with van der Waals surface area (Å²) >= 11 is 13.8. The standard InChI is InChI=1S/C21H13Cl2F2N5OS/c1-32-19-6-11(24)2-3-13(19)14-8-16(22)15(9-18(14)25)21(31)29-12-7-17(23)20(26-10-12)30-27-4-5-28-30/h2-10H,1H3,(H,29,31). The average molecular weight is 492 g/mol. The number of anilines is 1. The van der Waals surface area contributed by atoms with Crippen LogP contribution in [0.3, 0.4) is 0 Å². The summed E-state index contributed by atoms with van der Waals surface area (Å²) in [4.78, 5) is 18.6. The van der Waals surface area contributed by atoms with Gasteiger partial charge in [0.15, 0.2) is 5.82 Å². The Morgan fingerprint density at radius 1 is 1.03 bits per heavy atom. The number of carbonyl (C=O) groups is 1. The normalized spacial score (nSPS) is 10.9. The highest BCUT2D eigenvalue weighted by atomic mass is 35.5. The van der Waals surface area contributed by atoms with Crippen LogP contribution in [-0.4, -0.2) is 32.1 Å². The van der Waals surface area contributed by atoms with E-state index in [1.54, 1.807) is 6.26 Å². The molecule has 0 saturated carbocycles. The lowest BCUT2D eigenvalue weighted by Gasteiger charge is -2.13. The first-order valence-electron chi connectivity index (χ1n) is 9.04. The molecule has 2 heterocycles. The van der Waals surface area contributed by atoms with E-state index in [2.05, 4.69) is 20.5 Å². The number of benzene rings is 2. The predicted octanol–water partition coefficient (Wildman–Crippen LogP) is 5.89. The van der Waals surface area contributed by atoms with Crippen LogP contribution < -0.4 is 5.32 Å². The monoisotopic (exact) mass is 491 g/mol. The minimum Gasteiger partial charge on any atom is -0.320 e. The SMILES string of the molecule is CSc1cc(F)ccc1-c1cc(Cl)c(C(=O)Nc2cnc(-n3nccn3)c(Cl)c2)cc1F. The van der Waals surface area contributed by atoms with Gasteiger partial charge in [-0.15, -0.1) is 16.6 Å². The van der Waals surface area contributed by atoms with Gasteiger partial charge in [0, 0.05) is 10.5 Å². The first kappa shape index (κ1) is 22.2. The molecule has 0 fully saturated rings. The zero-order chi connectivity index (χ0) is 22.8. The molecule has 4 rings (SSSR count). The van der Waals surface area contributed by atoms with Crippen molar-refractivity contribution in [2.24, 2.45) is 0 Å². The van der Waals surface area contributed by atoms with Gasteiger partial charge in [0.05, 0.1) is 39.9 Å². The Labute approximate surface area is 195 Å². The molecule has 32 heavy (non-hydrogen) atoms. The van der Waals surface area contributed by atoms with Crippen molar-refractivity contribution in [3.8, 4) is 16.9 Å². The number of rotatable bonds is 5. The Bertz CT molecular complexity index is 1320. The van der Waals surface area contributed by atoms with Crippen LogP contribution in [-0.2, 0) is 0 Å². The maximum atomic E-state index is 14.9. The third-order valence-corrected chi connectivity index (χ3v) is 5.81. The second-order valence-corrected chi connectivity index (χ2v) is 8.12. The van der Waals surface area contributed by atoms with E-state index in [4.69, 9.17) is 23.2 Å². The zero-order valence-corrected chi connectivity index (χ0v) is 18.6. The molecule has 6 nitrogen and oxygen atoms in total. The van der Waals surface area contributed by atoms with Crippen molar-refractivity contribution in [1.29, 1.82) is 0 Å². The fourth-order valence-corrected chi connectivity index (χ4v) is 4.10. The van der Waals surface area contributed by atoms with Crippen molar-refractivity contribution in [1.82, 2.24) is 20.0 Å². The van der Waals surface area contributed by atoms with Crippen LogP contribution in [0.15, 0.2) is 59.9 Å². The summed E-state index contributed by atoms with van der Waals surface area (Å²) in [6.07, 6.45) is 6.07. The number of halogens is 4. The van der Waals surface area contributed by atoms with Crippen LogP contribution in [0.25, 0.3) is 16.9 Å². The van der Waals surface area contributed by atoms with Gasteiger partial charge in [0.25, 0.3) is 5.91 Å². The Morgan fingerprint density at radius 2 is 1.78 bits per heavy atom. The predicted molar refractivity (Wildman–Crippen MR) is 121 cm³/mol. The van der Waals surface area contributed by atoms with Crippen molar-refractivity contribution in [3.05, 3.63) is 82.2 Å². The lowest BCUT2D eigenvalue weighted by molar-refractivity contribution is 0.102. The van der Waals surface area contributed by atoms with Crippen LogP contribution in [0, 0.1) is 11.6 Å². The number of nitrogens with zero attached hydrogens (tertiary/aromatic N) is 4. The highest BCUT2D eigenvalue weighted by molar-refractivity contribution is 7.98. The van der Waals surface area contributed by atoms with Gasteiger partial charge < -0.3 is 5.32 Å². The van der Waals surface area contributed by atoms with Gasteiger partial charge in [0.1, 0.15) is 11.6 Å². The topological polar surface area (TPSA) is 72.7 Å². The third kappa shape index (κ3) is 4.45. The number of hydrogen-bond acceptors (Lipinski definition) is 5. The fourth-order valence-electron chi connectivity index (χ4n) is 2.98. The Morgan fingerprint density at radius 3 is 2.47 bits per heavy atom. The molecule has 0 bridgehead atoms. The van der Waals surface area contributed by atoms with Crippen LogP contribution in [0.5, 0.6) is 0 Å². The molecule has 4 aromatic rings. The number of hydrogen-bond donors (Lipinski definition) is 1. The first-order valence-corrected chi connectivity index (χ1v) is 11.0. The van der Waals surface area contributed by atoms with Gasteiger partial charge in [-0.25, -0.2) is 13.8 Å². The van der Waals surface area contributed by atoms with E-state index in [0.717, 1.165) is 6.07 Å². The summed E-state index contributed by atoms with van der Waals surface area (Å²) in [7, 11) is 0. The first-order chi connectivity index (χ1) is 15.4. The zero-order valence-electron chi connectivity index (χ0n) is 16.3. The maximum Gasteiger partial charge on any atom is 0.257 e. The molecule has 0 aliphatic carbocycles. The molecule has 2 aromatic heterocycles. The van der Waals surface area contributed by atoms with E-state index < -0.39 is 17.5 Å². The molecule has 1 N–H and O–H groups in total. The number of thioether (sulfide) groups is 1. The largest absolute Gasteiger partial charge is 0.320 e. The highest BCUT2D eigenvalue weighted by Crippen LogP contribution is 2.35. The van der Waals surface area contributed by atoms with Gasteiger partial charge >= 0.3 is 0 Å². The fraction of sp³-hybridized carbons (Fsp3) is 0.0476. The van der Waals surface area contributed by atoms with Crippen LogP contribution in [0.2, 0.25) is 10.0 Å². The van der Waals surface area contributed by atoms with Crippen LogP contribution in [0.4, 0.5) is 14.5 Å². The Kier molecular flexibility index (Phi) is 6.40. The summed E-state index contributed by atoms with van der Waals surface area (Å²) < 4.78 is 28.4. The second kappa shape index (κ2) is 9.23. The van der Waals surface area contributed by atoms with E-state index in [1.807, 2.05) is 0 Å². The number of carbonyl (C=O) groups excluding carboxylic acids is 1. The van der Waals surface area contributed by atoms with Crippen LogP contribution in [0.1, 0.15) is 10.4 Å². The molecule has 0 spiro atoms. The number of nitrogens with one attached hydrogen (secondary N) is 1. The van der Waals surface area contributed by atoms with Crippen molar-refractivity contribution in [2.75, 3.05) is 11.6 Å². The smallest absolute Gasteiger partial charge is 0.257 e. The highest BCUT2D eigenvalue weighted by Gasteiger charge is 2.19. The molecule has 0 unspecified atom stereocenters. The number of amides is 1. The lowest BCUT2D eigenvalue weighted by Crippen LogP contribution is -2.14. The van der Waals surface area contributed by atoms with Crippen LogP contribution >= 0.6 is 35.0 Å². The van der Waals surface area contributed by atoms with E-state index in [1.165, 1.54) is 65.5 Å². The molecule has 162 valence electrons. The molecule has 11 heteroatoms. The molecule has 0 saturated heterocycles. The summed E-state index contributed by atoms with van der Waals surface area (Å²) in [6, 6.07) is 7.87. The molecule has 1 amide bonds. The van der Waals surface area contributed by atoms with Gasteiger partial charge in [0.2, 0.25) is 0 Å². The molecule has 0 atom stereocenters. The van der Waals surface area contributed by atoms with Gasteiger partial charge in [-0.1, -0.05) is 29.3 Å². The number of aromatic nitrogens is 4. The van der Waals surface area contributed by atoms with Gasteiger partial charge in [-0.2, -0.15) is 10.2 Å². The third-order valence-electron chi connectivity index (χ3n) is 4.44. The Balaban J connectivity index is 1.61. The maximum absolute atomic E-state index is 14.9. The summed E-state index contributed by atoms with van der Waals surface area (Å²) in [5.74, 6) is -1.46. The van der Waals surface area contributed by atoms with E-state index in [-0.39, 0.29) is 32.7 Å². The molecular weight excluding hydrogens is 479 g/mol. The lowest BCUT2D eigenvalue weighted by atomic mass is 10.0. The minimum atomic E-state index is -0.669. The van der Waals surface area contributed by atoms with Crippen molar-refractivity contribution < 1.29 is 13.6 Å². The van der Waals surface area contributed by atoms with Gasteiger partial charge in [-0.3, -0.25) is 4.79 Å². The quantitative estimate of drug-likeness (QED) is 0.352. The molecule has 0 aliphatic heterocycles. The Hall–Kier alpha value is -3.01. The molecular formula is C21H13Cl2F2N5OS. The minimum absolute atomic E-state index is 0.0340. The molecule has 0 radical (unpaired) electrons.